The Balaban J connectivity index is 2.22. The van der Waals surface area contributed by atoms with Crippen molar-refractivity contribution in [3.8, 4) is 0 Å². The van der Waals surface area contributed by atoms with E-state index in [1.54, 1.807) is 17.5 Å². The summed E-state index contributed by atoms with van der Waals surface area (Å²) in [6.07, 6.45) is 1.79. The van der Waals surface area contributed by atoms with Crippen molar-refractivity contribution in [2.75, 3.05) is 7.05 Å². The number of H-pyrrole nitrogens is 1. The number of nitrogens with one attached hydrogen (secondary N) is 1. The Hall–Kier alpha value is -1.46. The molecule has 2 rings (SSSR count). The first kappa shape index (κ1) is 15.9. The maximum Gasteiger partial charge on any atom is 0.187 e. The first-order valence-corrected chi connectivity index (χ1v) is 7.94. The first-order chi connectivity index (χ1) is 9.81. The van der Waals surface area contributed by atoms with Crippen LogP contribution < -0.4 is 5.43 Å². The molecule has 1 N–H and O–H groups in total. The van der Waals surface area contributed by atoms with Crippen LogP contribution in [0, 0.1) is 27.7 Å². The summed E-state index contributed by atoms with van der Waals surface area (Å²) in [5.41, 5.74) is 3.81. The van der Waals surface area contributed by atoms with Crippen LogP contribution in [0.5, 0.6) is 0 Å². The predicted octanol–water partition coefficient (Wildman–Crippen LogP) is 3.26. The van der Waals surface area contributed by atoms with Crippen LogP contribution in [-0.4, -0.2) is 21.9 Å². The van der Waals surface area contributed by atoms with Gasteiger partial charge in [-0.15, -0.1) is 11.3 Å². The van der Waals surface area contributed by atoms with Gasteiger partial charge in [-0.3, -0.25) is 9.69 Å². The smallest absolute Gasteiger partial charge is 0.187 e. The zero-order chi connectivity index (χ0) is 15.7. The minimum absolute atomic E-state index is 0.130. The van der Waals surface area contributed by atoms with Gasteiger partial charge >= 0.3 is 0 Å². The fraction of sp³-hybridized carbons (Fsp3) is 0.500. The Kier molecular flexibility index (Phi) is 4.64. The van der Waals surface area contributed by atoms with Crippen molar-refractivity contribution in [2.24, 2.45) is 0 Å². The number of hydrogen-bond acceptors (Lipinski definition) is 4. The van der Waals surface area contributed by atoms with Crippen molar-refractivity contribution in [3.05, 3.63) is 48.8 Å². The van der Waals surface area contributed by atoms with Crippen LogP contribution in [0.1, 0.15) is 45.4 Å². The third-order valence-corrected chi connectivity index (χ3v) is 4.92. The minimum atomic E-state index is 0.130. The lowest BCUT2D eigenvalue weighted by Crippen LogP contribution is -2.25. The third-order valence-electron chi connectivity index (χ3n) is 4.02. The van der Waals surface area contributed by atoms with Crippen molar-refractivity contribution >= 4 is 11.3 Å². The normalized spacial score (nSPS) is 12.9. The molecule has 0 spiro atoms. The van der Waals surface area contributed by atoms with Crippen LogP contribution in [0.2, 0.25) is 0 Å². The summed E-state index contributed by atoms with van der Waals surface area (Å²) in [5, 5.41) is 1.10. The second kappa shape index (κ2) is 6.12. The van der Waals surface area contributed by atoms with Crippen LogP contribution in [-0.2, 0) is 6.54 Å². The van der Waals surface area contributed by atoms with Gasteiger partial charge in [-0.1, -0.05) is 0 Å². The van der Waals surface area contributed by atoms with Crippen LogP contribution in [0.4, 0.5) is 0 Å². The lowest BCUT2D eigenvalue weighted by Gasteiger charge is -2.24. The number of thiazole rings is 1. The Bertz CT molecular complexity index is 702. The molecule has 0 aliphatic heterocycles. The number of pyridine rings is 1. The average Bonchev–Trinajstić information content (AvgIpc) is 2.77. The molecule has 2 aromatic rings. The summed E-state index contributed by atoms with van der Waals surface area (Å²) in [7, 11) is 2.07. The largest absolute Gasteiger partial charge is 0.363 e. The summed E-state index contributed by atoms with van der Waals surface area (Å²) in [5.74, 6) is 0. The quantitative estimate of drug-likeness (QED) is 0.943. The molecule has 0 aliphatic rings. The highest BCUT2D eigenvalue weighted by Gasteiger charge is 2.19. The maximum absolute atomic E-state index is 12.0. The molecule has 0 bridgehead atoms. The van der Waals surface area contributed by atoms with Gasteiger partial charge in [-0.2, -0.15) is 0 Å². The van der Waals surface area contributed by atoms with E-state index in [0.29, 0.717) is 6.54 Å². The molecule has 0 fully saturated rings. The minimum Gasteiger partial charge on any atom is -0.363 e. The van der Waals surface area contributed by atoms with Gasteiger partial charge in [0.25, 0.3) is 0 Å². The highest BCUT2D eigenvalue weighted by Crippen LogP contribution is 2.26. The van der Waals surface area contributed by atoms with Gasteiger partial charge in [-0.25, -0.2) is 4.98 Å². The van der Waals surface area contributed by atoms with E-state index < -0.39 is 0 Å². The third kappa shape index (κ3) is 3.24. The molecule has 1 unspecified atom stereocenters. The molecule has 0 amide bonds. The van der Waals surface area contributed by atoms with Gasteiger partial charge < -0.3 is 4.98 Å². The fourth-order valence-electron chi connectivity index (χ4n) is 2.49. The monoisotopic (exact) mass is 305 g/mol. The van der Waals surface area contributed by atoms with Gasteiger partial charge in [0.1, 0.15) is 0 Å². The topological polar surface area (TPSA) is 49.0 Å². The molecule has 4 nitrogen and oxygen atoms in total. The summed E-state index contributed by atoms with van der Waals surface area (Å²) in [4.78, 5) is 23.4. The van der Waals surface area contributed by atoms with E-state index >= 15 is 0 Å². The molecule has 0 radical (unpaired) electrons. The van der Waals surface area contributed by atoms with Gasteiger partial charge in [0.05, 0.1) is 16.7 Å². The Morgan fingerprint density at radius 2 is 2.00 bits per heavy atom. The molecule has 0 aliphatic carbocycles. The lowest BCUT2D eigenvalue weighted by atomic mass is 10.1. The lowest BCUT2D eigenvalue weighted by molar-refractivity contribution is 0.245. The maximum atomic E-state index is 12.0. The van der Waals surface area contributed by atoms with Gasteiger partial charge in [0.2, 0.25) is 0 Å². The van der Waals surface area contributed by atoms with E-state index in [1.807, 2.05) is 20.8 Å². The first-order valence-electron chi connectivity index (χ1n) is 7.13. The number of aromatic nitrogens is 2. The molecule has 1 atom stereocenters. The predicted molar refractivity (Wildman–Crippen MR) is 88.0 cm³/mol. The van der Waals surface area contributed by atoms with E-state index in [1.165, 1.54) is 4.88 Å². The van der Waals surface area contributed by atoms with Crippen molar-refractivity contribution in [1.82, 2.24) is 14.9 Å². The van der Waals surface area contributed by atoms with Gasteiger partial charge in [0.15, 0.2) is 5.43 Å². The molecule has 5 heteroatoms. The number of rotatable bonds is 4. The summed E-state index contributed by atoms with van der Waals surface area (Å²) >= 11 is 1.73. The fourth-order valence-corrected chi connectivity index (χ4v) is 3.40. The molecule has 2 aromatic heterocycles. The van der Waals surface area contributed by atoms with E-state index in [2.05, 4.69) is 35.8 Å². The van der Waals surface area contributed by atoms with Crippen LogP contribution in [0.3, 0.4) is 0 Å². The van der Waals surface area contributed by atoms with Crippen molar-refractivity contribution in [2.45, 2.75) is 47.2 Å². The van der Waals surface area contributed by atoms with Crippen LogP contribution >= 0.6 is 11.3 Å². The number of aromatic amines is 1. The van der Waals surface area contributed by atoms with Gasteiger partial charge in [0, 0.05) is 34.4 Å². The molecule has 0 aromatic carbocycles. The molecule has 114 valence electrons. The van der Waals surface area contributed by atoms with Crippen LogP contribution in [0.25, 0.3) is 0 Å². The van der Waals surface area contributed by atoms with Crippen molar-refractivity contribution < 1.29 is 0 Å². The number of hydrogen-bond donors (Lipinski definition) is 1. The Labute approximate surface area is 129 Å². The van der Waals surface area contributed by atoms with Crippen molar-refractivity contribution in [3.63, 3.8) is 0 Å². The van der Waals surface area contributed by atoms with Crippen molar-refractivity contribution in [1.29, 1.82) is 0 Å². The summed E-state index contributed by atoms with van der Waals surface area (Å²) < 4.78 is 0. The second-order valence-corrected chi connectivity index (χ2v) is 7.08. The zero-order valence-electron chi connectivity index (χ0n) is 13.6. The molecule has 0 saturated heterocycles. The van der Waals surface area contributed by atoms with E-state index in [9.17, 15) is 4.79 Å². The van der Waals surface area contributed by atoms with Crippen LogP contribution in [0.15, 0.2) is 11.0 Å². The van der Waals surface area contributed by atoms with E-state index in [-0.39, 0.29) is 11.5 Å². The standard InChI is InChI=1S/C16H23N3OS/c1-9-7-17-14(10(2)16(9)20)8-19(6)11(3)15-12(4)21-13(5)18-15/h7,11H,8H2,1-6H3,(H,17,20). The Morgan fingerprint density at radius 3 is 2.57 bits per heavy atom. The molecule has 0 saturated carbocycles. The number of nitrogens with zero attached hydrogens (tertiary/aromatic N) is 2. The number of aryl methyl sites for hydroxylation is 3. The average molecular weight is 305 g/mol. The Morgan fingerprint density at radius 1 is 1.33 bits per heavy atom. The molecule has 21 heavy (non-hydrogen) atoms. The zero-order valence-corrected chi connectivity index (χ0v) is 14.4. The SMILES string of the molecule is Cc1nc(C(C)N(C)Cc2[nH]cc(C)c(=O)c2C)c(C)s1. The van der Waals surface area contributed by atoms with E-state index in [0.717, 1.165) is 27.5 Å². The van der Waals surface area contributed by atoms with E-state index in [4.69, 9.17) is 0 Å². The molecular formula is C16H23N3OS. The highest BCUT2D eigenvalue weighted by atomic mass is 32.1. The molecular weight excluding hydrogens is 282 g/mol. The molecule has 2 heterocycles. The summed E-state index contributed by atoms with van der Waals surface area (Å²) in [6.45, 7) is 10.7. The van der Waals surface area contributed by atoms with Gasteiger partial charge in [-0.05, 0) is 41.7 Å². The second-order valence-electron chi connectivity index (χ2n) is 5.67. The highest BCUT2D eigenvalue weighted by molar-refractivity contribution is 7.11. The summed E-state index contributed by atoms with van der Waals surface area (Å²) in [6, 6.07) is 0.221.